The molecule has 0 atom stereocenters. The number of nitrogens with zero attached hydrogens (tertiary/aromatic N) is 1. The average Bonchev–Trinajstić information content (AvgIpc) is 2.81. The summed E-state index contributed by atoms with van der Waals surface area (Å²) in [6.07, 6.45) is 5.37. The Kier molecular flexibility index (Phi) is 4.65. The number of nitrogens with two attached hydrogens (primary N) is 1. The summed E-state index contributed by atoms with van der Waals surface area (Å²) in [5.41, 5.74) is 6.78. The first kappa shape index (κ1) is 13.0. The Hall–Kier alpha value is -1.48. The van der Waals surface area contributed by atoms with Gasteiger partial charge in [0, 0.05) is 18.1 Å². The number of ether oxygens (including phenoxy) is 1. The lowest BCUT2D eigenvalue weighted by molar-refractivity contribution is 0.321. The molecular weight excluding hydrogens is 224 g/mol. The summed E-state index contributed by atoms with van der Waals surface area (Å²) < 4.78 is 8.06. The van der Waals surface area contributed by atoms with Gasteiger partial charge < -0.3 is 15.0 Å². The molecule has 0 aliphatic carbocycles. The van der Waals surface area contributed by atoms with Crippen molar-refractivity contribution >= 4 is 10.9 Å². The van der Waals surface area contributed by atoms with E-state index in [-0.39, 0.29) is 0 Å². The first-order valence-corrected chi connectivity index (χ1v) is 6.77. The van der Waals surface area contributed by atoms with Crippen LogP contribution in [-0.2, 0) is 6.54 Å². The lowest BCUT2D eigenvalue weighted by atomic mass is 10.2. The number of aromatic nitrogens is 1. The second-order valence-corrected chi connectivity index (χ2v) is 4.54. The Bertz CT molecular complexity index is 490. The number of hydrogen-bond acceptors (Lipinski definition) is 2. The molecule has 3 heteroatoms. The van der Waals surface area contributed by atoms with Gasteiger partial charge in [0.1, 0.15) is 5.75 Å². The van der Waals surface area contributed by atoms with Crippen molar-refractivity contribution in [2.75, 3.05) is 13.2 Å². The maximum absolute atomic E-state index is 5.77. The quantitative estimate of drug-likeness (QED) is 0.762. The van der Waals surface area contributed by atoms with Gasteiger partial charge in [0.15, 0.2) is 0 Å². The van der Waals surface area contributed by atoms with E-state index in [0.717, 1.165) is 44.7 Å². The van der Waals surface area contributed by atoms with E-state index < -0.39 is 0 Å². The molecule has 2 N–H and O–H groups in total. The molecular formula is C15H22N2O. The van der Waals surface area contributed by atoms with E-state index in [2.05, 4.69) is 35.9 Å². The van der Waals surface area contributed by atoms with Crippen molar-refractivity contribution in [1.29, 1.82) is 0 Å². The molecule has 0 saturated carbocycles. The van der Waals surface area contributed by atoms with Crippen molar-refractivity contribution in [2.45, 2.75) is 32.7 Å². The van der Waals surface area contributed by atoms with Gasteiger partial charge in [-0.15, -0.1) is 0 Å². The van der Waals surface area contributed by atoms with Gasteiger partial charge in [0.2, 0.25) is 0 Å². The summed E-state index contributed by atoms with van der Waals surface area (Å²) in [5, 5.41) is 1.21. The van der Waals surface area contributed by atoms with Crippen molar-refractivity contribution in [3.05, 3.63) is 30.5 Å². The topological polar surface area (TPSA) is 40.2 Å². The predicted molar refractivity (Wildman–Crippen MR) is 76.0 cm³/mol. The van der Waals surface area contributed by atoms with Crippen LogP contribution in [0.1, 0.15) is 26.2 Å². The molecule has 0 aliphatic heterocycles. The molecule has 0 unspecified atom stereocenters. The minimum Gasteiger partial charge on any atom is -0.493 e. The standard InChI is InChI=1S/C15H22N2O/c1-2-12-18-15-7-5-6-14-13(15)8-11-17(14)10-4-3-9-16/h5-8,11H,2-4,9-10,12,16H2,1H3. The molecule has 0 bridgehead atoms. The Morgan fingerprint density at radius 2 is 2.11 bits per heavy atom. The number of fused-ring (bicyclic) bond motifs is 1. The van der Waals surface area contributed by atoms with Crippen LogP contribution in [-0.4, -0.2) is 17.7 Å². The molecule has 0 spiro atoms. The second-order valence-electron chi connectivity index (χ2n) is 4.54. The van der Waals surface area contributed by atoms with Gasteiger partial charge in [-0.2, -0.15) is 0 Å². The summed E-state index contributed by atoms with van der Waals surface area (Å²) in [6.45, 7) is 4.69. The summed E-state index contributed by atoms with van der Waals surface area (Å²) in [5.74, 6) is 0.993. The molecule has 1 aromatic heterocycles. The van der Waals surface area contributed by atoms with Crippen LogP contribution in [0.2, 0.25) is 0 Å². The highest BCUT2D eigenvalue weighted by Gasteiger charge is 2.05. The number of hydrogen-bond donors (Lipinski definition) is 1. The van der Waals surface area contributed by atoms with E-state index in [0.29, 0.717) is 0 Å². The fourth-order valence-electron chi connectivity index (χ4n) is 2.15. The molecule has 1 aromatic carbocycles. The van der Waals surface area contributed by atoms with E-state index in [9.17, 15) is 0 Å². The summed E-state index contributed by atoms with van der Waals surface area (Å²) in [6, 6.07) is 8.40. The fourth-order valence-corrected chi connectivity index (χ4v) is 2.15. The minimum absolute atomic E-state index is 0.768. The van der Waals surface area contributed by atoms with E-state index in [1.807, 2.05) is 6.07 Å². The average molecular weight is 246 g/mol. The van der Waals surface area contributed by atoms with Crippen LogP contribution in [0.5, 0.6) is 5.75 Å². The number of benzene rings is 1. The van der Waals surface area contributed by atoms with Crippen molar-refractivity contribution in [1.82, 2.24) is 4.57 Å². The molecule has 2 aromatic rings. The Morgan fingerprint density at radius 3 is 2.89 bits per heavy atom. The predicted octanol–water partition coefficient (Wildman–Crippen LogP) is 3.17. The van der Waals surface area contributed by atoms with Crippen molar-refractivity contribution in [3.8, 4) is 5.75 Å². The van der Waals surface area contributed by atoms with Crippen molar-refractivity contribution < 1.29 is 4.74 Å². The van der Waals surface area contributed by atoms with Crippen molar-refractivity contribution in [3.63, 3.8) is 0 Å². The first-order chi connectivity index (χ1) is 8.86. The van der Waals surface area contributed by atoms with Gasteiger partial charge in [0.25, 0.3) is 0 Å². The first-order valence-electron chi connectivity index (χ1n) is 6.77. The van der Waals surface area contributed by atoms with Crippen LogP contribution in [0.3, 0.4) is 0 Å². The molecule has 98 valence electrons. The lowest BCUT2D eigenvalue weighted by Gasteiger charge is -2.08. The zero-order chi connectivity index (χ0) is 12.8. The van der Waals surface area contributed by atoms with Gasteiger partial charge in [0.05, 0.1) is 12.1 Å². The SMILES string of the molecule is CCCOc1cccc2c1ccn2CCCCN. The van der Waals surface area contributed by atoms with Crippen LogP contribution in [0.25, 0.3) is 10.9 Å². The van der Waals surface area contributed by atoms with Gasteiger partial charge in [-0.25, -0.2) is 0 Å². The maximum atomic E-state index is 5.77. The van der Waals surface area contributed by atoms with Gasteiger partial charge >= 0.3 is 0 Å². The molecule has 2 rings (SSSR count). The summed E-state index contributed by atoms with van der Waals surface area (Å²) in [4.78, 5) is 0. The zero-order valence-electron chi connectivity index (χ0n) is 11.1. The number of rotatable bonds is 7. The van der Waals surface area contributed by atoms with Crippen LogP contribution in [0, 0.1) is 0 Å². The number of unbranched alkanes of at least 4 members (excludes halogenated alkanes) is 1. The number of aryl methyl sites for hydroxylation is 1. The lowest BCUT2D eigenvalue weighted by Crippen LogP contribution is -2.02. The monoisotopic (exact) mass is 246 g/mol. The van der Waals surface area contributed by atoms with Crippen LogP contribution >= 0.6 is 0 Å². The molecule has 0 fully saturated rings. The van der Waals surface area contributed by atoms with Gasteiger partial charge in [-0.1, -0.05) is 13.0 Å². The largest absolute Gasteiger partial charge is 0.493 e. The fraction of sp³-hybridized carbons (Fsp3) is 0.467. The van der Waals surface area contributed by atoms with Gasteiger partial charge in [-0.05, 0) is 44.0 Å². The van der Waals surface area contributed by atoms with Crippen LogP contribution in [0.15, 0.2) is 30.5 Å². The van der Waals surface area contributed by atoms with Crippen molar-refractivity contribution in [2.24, 2.45) is 5.73 Å². The maximum Gasteiger partial charge on any atom is 0.128 e. The highest BCUT2D eigenvalue weighted by Crippen LogP contribution is 2.26. The molecule has 0 aliphatic rings. The minimum atomic E-state index is 0.768. The Labute approximate surface area is 109 Å². The Morgan fingerprint density at radius 1 is 1.22 bits per heavy atom. The van der Waals surface area contributed by atoms with Gasteiger partial charge in [-0.3, -0.25) is 0 Å². The summed E-state index contributed by atoms with van der Waals surface area (Å²) in [7, 11) is 0. The second kappa shape index (κ2) is 6.45. The smallest absolute Gasteiger partial charge is 0.128 e. The van der Waals surface area contributed by atoms with Crippen LogP contribution < -0.4 is 10.5 Å². The van der Waals surface area contributed by atoms with E-state index >= 15 is 0 Å². The third-order valence-electron chi connectivity index (χ3n) is 3.09. The third-order valence-corrected chi connectivity index (χ3v) is 3.09. The third kappa shape index (κ3) is 2.85. The molecule has 0 amide bonds. The molecule has 3 nitrogen and oxygen atoms in total. The van der Waals surface area contributed by atoms with E-state index in [1.165, 1.54) is 10.9 Å². The zero-order valence-corrected chi connectivity index (χ0v) is 11.1. The highest BCUT2D eigenvalue weighted by atomic mass is 16.5. The summed E-state index contributed by atoms with van der Waals surface area (Å²) >= 11 is 0. The Balaban J connectivity index is 2.19. The highest BCUT2D eigenvalue weighted by molar-refractivity contribution is 5.86. The molecule has 18 heavy (non-hydrogen) atoms. The molecule has 1 heterocycles. The normalized spacial score (nSPS) is 11.0. The van der Waals surface area contributed by atoms with E-state index in [1.54, 1.807) is 0 Å². The molecule has 0 radical (unpaired) electrons. The molecule has 0 saturated heterocycles. The van der Waals surface area contributed by atoms with Crippen LogP contribution in [0.4, 0.5) is 0 Å². The van der Waals surface area contributed by atoms with E-state index in [4.69, 9.17) is 10.5 Å².